The lowest BCUT2D eigenvalue weighted by atomic mass is 9.46. The average molecular weight is 447 g/mol. The van der Waals surface area contributed by atoms with Gasteiger partial charge in [0, 0.05) is 19.3 Å². The van der Waals surface area contributed by atoms with Crippen LogP contribution >= 0.6 is 15.9 Å². The van der Waals surface area contributed by atoms with E-state index in [9.17, 15) is 4.79 Å². The standard InChI is InChI=1S/C20H27BrN6O/c1-14-3-6-26(24-14)5-2-4-22-17(28)19-8-15-7-16(9-19)11-20(10-15,12-19)27-13-23-18(21)25-27/h3,6,13,15-16H,2,4-5,7-12H2,1H3,(H,22,28). The van der Waals surface area contributed by atoms with Gasteiger partial charge >= 0.3 is 0 Å². The summed E-state index contributed by atoms with van der Waals surface area (Å²) in [6.45, 7) is 3.54. The molecule has 6 rings (SSSR count). The largest absolute Gasteiger partial charge is 0.356 e. The second-order valence-electron chi connectivity index (χ2n) is 9.25. The van der Waals surface area contributed by atoms with Crippen LogP contribution in [-0.4, -0.2) is 37.0 Å². The van der Waals surface area contributed by atoms with Crippen LogP contribution in [0.3, 0.4) is 0 Å². The molecular formula is C20H27BrN6O. The Labute approximate surface area is 173 Å². The third-order valence-corrected chi connectivity index (χ3v) is 7.45. The first kappa shape index (κ1) is 18.3. The Hall–Kier alpha value is -1.70. The monoisotopic (exact) mass is 446 g/mol. The van der Waals surface area contributed by atoms with Crippen molar-refractivity contribution < 1.29 is 4.79 Å². The summed E-state index contributed by atoms with van der Waals surface area (Å²) >= 11 is 3.39. The van der Waals surface area contributed by atoms with Crippen molar-refractivity contribution in [3.8, 4) is 0 Å². The summed E-state index contributed by atoms with van der Waals surface area (Å²) in [5.41, 5.74) is 0.764. The summed E-state index contributed by atoms with van der Waals surface area (Å²) < 4.78 is 4.64. The Morgan fingerprint density at radius 3 is 2.71 bits per heavy atom. The van der Waals surface area contributed by atoms with E-state index in [1.165, 1.54) is 6.42 Å². The Morgan fingerprint density at radius 1 is 1.29 bits per heavy atom. The van der Waals surface area contributed by atoms with Crippen LogP contribution < -0.4 is 5.32 Å². The number of carbonyl (C=O) groups is 1. The Balaban J connectivity index is 1.27. The van der Waals surface area contributed by atoms with E-state index in [2.05, 4.69) is 41.1 Å². The molecule has 1 N–H and O–H groups in total. The van der Waals surface area contributed by atoms with Crippen LogP contribution in [0.2, 0.25) is 0 Å². The molecule has 28 heavy (non-hydrogen) atoms. The maximum absolute atomic E-state index is 13.3. The van der Waals surface area contributed by atoms with E-state index < -0.39 is 0 Å². The number of nitrogens with zero attached hydrogens (tertiary/aromatic N) is 5. The molecule has 2 atom stereocenters. The number of halogens is 1. The zero-order valence-corrected chi connectivity index (χ0v) is 17.9. The summed E-state index contributed by atoms with van der Waals surface area (Å²) in [4.78, 5) is 17.6. The zero-order valence-electron chi connectivity index (χ0n) is 16.3. The normalized spacial score (nSPS) is 33.4. The highest BCUT2D eigenvalue weighted by atomic mass is 79.9. The van der Waals surface area contributed by atoms with E-state index in [0.717, 1.165) is 50.8 Å². The van der Waals surface area contributed by atoms with Crippen molar-refractivity contribution >= 4 is 21.8 Å². The van der Waals surface area contributed by atoms with Gasteiger partial charge in [0.25, 0.3) is 0 Å². The smallest absolute Gasteiger partial charge is 0.226 e. The molecule has 4 bridgehead atoms. The Bertz CT molecular complexity index is 875. The predicted octanol–water partition coefficient (Wildman–Crippen LogP) is 3.05. The van der Waals surface area contributed by atoms with Crippen molar-refractivity contribution in [3.05, 3.63) is 29.0 Å². The fourth-order valence-corrected chi connectivity index (χ4v) is 6.70. The zero-order chi connectivity index (χ0) is 19.4. The van der Waals surface area contributed by atoms with Crippen LogP contribution in [0.15, 0.2) is 23.3 Å². The molecule has 4 aliphatic rings. The van der Waals surface area contributed by atoms with Crippen LogP contribution in [0.25, 0.3) is 0 Å². The molecule has 2 aromatic heterocycles. The van der Waals surface area contributed by atoms with Gasteiger partial charge in [0.2, 0.25) is 10.6 Å². The van der Waals surface area contributed by atoms with E-state index >= 15 is 0 Å². The average Bonchev–Trinajstić information content (AvgIpc) is 3.26. The van der Waals surface area contributed by atoms with Crippen molar-refractivity contribution in [2.75, 3.05) is 6.54 Å². The van der Waals surface area contributed by atoms with Crippen LogP contribution in [0.4, 0.5) is 0 Å². The minimum Gasteiger partial charge on any atom is -0.356 e. The van der Waals surface area contributed by atoms with Crippen molar-refractivity contribution in [1.29, 1.82) is 0 Å². The molecule has 4 saturated carbocycles. The summed E-state index contributed by atoms with van der Waals surface area (Å²) in [6.07, 6.45) is 11.2. The van der Waals surface area contributed by atoms with Gasteiger partial charge in [0.05, 0.1) is 16.6 Å². The Morgan fingerprint density at radius 2 is 2.07 bits per heavy atom. The van der Waals surface area contributed by atoms with Crippen LogP contribution in [-0.2, 0) is 16.9 Å². The number of aryl methyl sites for hydroxylation is 2. The van der Waals surface area contributed by atoms with Crippen molar-refractivity contribution in [1.82, 2.24) is 29.9 Å². The maximum atomic E-state index is 13.3. The molecule has 4 fully saturated rings. The van der Waals surface area contributed by atoms with Crippen molar-refractivity contribution in [2.24, 2.45) is 17.3 Å². The van der Waals surface area contributed by atoms with Gasteiger partial charge in [-0.15, -0.1) is 5.10 Å². The highest BCUT2D eigenvalue weighted by Crippen LogP contribution is 2.64. The number of hydrogen-bond donors (Lipinski definition) is 1. The number of hydrogen-bond acceptors (Lipinski definition) is 4. The summed E-state index contributed by atoms with van der Waals surface area (Å²) in [5, 5.41) is 12.2. The molecule has 0 saturated heterocycles. The van der Waals surface area contributed by atoms with E-state index in [-0.39, 0.29) is 16.9 Å². The fraction of sp³-hybridized carbons (Fsp3) is 0.700. The topological polar surface area (TPSA) is 77.6 Å². The minimum absolute atomic E-state index is 0.0347. The van der Waals surface area contributed by atoms with Gasteiger partial charge in [-0.25, -0.2) is 9.67 Å². The quantitative estimate of drug-likeness (QED) is 0.691. The molecule has 2 heterocycles. The number of rotatable bonds is 6. The number of carbonyl (C=O) groups excluding carboxylic acids is 1. The van der Waals surface area contributed by atoms with Gasteiger partial charge in [0.15, 0.2) is 0 Å². The lowest BCUT2D eigenvalue weighted by Crippen LogP contribution is -2.61. The van der Waals surface area contributed by atoms with Gasteiger partial charge in [-0.2, -0.15) is 5.10 Å². The first-order valence-corrected chi connectivity index (χ1v) is 11.1. The molecule has 0 spiro atoms. The molecule has 7 nitrogen and oxygen atoms in total. The van der Waals surface area contributed by atoms with Gasteiger partial charge < -0.3 is 5.32 Å². The summed E-state index contributed by atoms with van der Waals surface area (Å²) in [6, 6.07) is 2.01. The van der Waals surface area contributed by atoms with Gasteiger partial charge in [0.1, 0.15) is 6.33 Å². The van der Waals surface area contributed by atoms with Crippen molar-refractivity contribution in [3.63, 3.8) is 0 Å². The molecule has 1 amide bonds. The molecule has 0 radical (unpaired) electrons. The maximum Gasteiger partial charge on any atom is 0.226 e. The molecular weight excluding hydrogens is 420 g/mol. The first-order valence-electron chi connectivity index (χ1n) is 10.3. The van der Waals surface area contributed by atoms with Crippen molar-refractivity contribution in [2.45, 2.75) is 64.0 Å². The van der Waals surface area contributed by atoms with E-state index in [4.69, 9.17) is 0 Å². The van der Waals surface area contributed by atoms with E-state index in [1.807, 2.05) is 30.2 Å². The highest BCUT2D eigenvalue weighted by molar-refractivity contribution is 9.10. The third-order valence-electron chi connectivity index (χ3n) is 7.09. The highest BCUT2D eigenvalue weighted by Gasteiger charge is 2.61. The van der Waals surface area contributed by atoms with Gasteiger partial charge in [-0.05, 0) is 85.7 Å². The van der Waals surface area contributed by atoms with Crippen LogP contribution in [0.1, 0.15) is 50.6 Å². The number of nitrogens with one attached hydrogen (secondary N) is 1. The first-order chi connectivity index (χ1) is 13.5. The second kappa shape index (κ2) is 6.68. The molecule has 150 valence electrons. The predicted molar refractivity (Wildman–Crippen MR) is 107 cm³/mol. The fourth-order valence-electron chi connectivity index (χ4n) is 6.44. The van der Waals surface area contributed by atoms with E-state index in [1.54, 1.807) is 0 Å². The SMILES string of the molecule is Cc1ccn(CCCNC(=O)C23CC4CC(C2)CC(n2cnc(Br)n2)(C4)C3)n1. The lowest BCUT2D eigenvalue weighted by molar-refractivity contribution is -0.156. The molecule has 4 aliphatic carbocycles. The summed E-state index contributed by atoms with van der Waals surface area (Å²) in [5.74, 6) is 1.51. The molecule has 0 aromatic carbocycles. The van der Waals surface area contributed by atoms with E-state index in [0.29, 0.717) is 23.1 Å². The van der Waals surface area contributed by atoms with Gasteiger partial charge in [-0.3, -0.25) is 9.48 Å². The summed E-state index contributed by atoms with van der Waals surface area (Å²) in [7, 11) is 0. The lowest BCUT2D eigenvalue weighted by Gasteiger charge is -2.60. The van der Waals surface area contributed by atoms with Gasteiger partial charge in [-0.1, -0.05) is 0 Å². The molecule has 0 aliphatic heterocycles. The van der Waals surface area contributed by atoms with Crippen LogP contribution in [0.5, 0.6) is 0 Å². The second-order valence-corrected chi connectivity index (χ2v) is 9.96. The number of aromatic nitrogens is 5. The third kappa shape index (κ3) is 3.09. The minimum atomic E-state index is -0.231. The Kier molecular flexibility index (Phi) is 4.37. The van der Waals surface area contributed by atoms with Crippen LogP contribution in [0, 0.1) is 24.2 Å². The molecule has 2 unspecified atom stereocenters. The molecule has 8 heteroatoms. The number of amides is 1. The molecule has 2 aromatic rings.